The largest absolute Gasteiger partial charge is 0.496 e. The van der Waals surface area contributed by atoms with Gasteiger partial charge in [0.25, 0.3) is 5.91 Å². The molecule has 5 nitrogen and oxygen atoms in total. The van der Waals surface area contributed by atoms with Crippen LogP contribution < -0.4 is 10.5 Å². The van der Waals surface area contributed by atoms with Gasteiger partial charge in [-0.2, -0.15) is 0 Å². The van der Waals surface area contributed by atoms with E-state index in [2.05, 4.69) is 6.58 Å². The highest BCUT2D eigenvalue weighted by Gasteiger charge is 2.22. The number of thiophene rings is 1. The monoisotopic (exact) mass is 306 g/mol. The molecule has 1 heterocycles. The Bertz CT molecular complexity index is 666. The lowest BCUT2D eigenvalue weighted by Gasteiger charge is -2.19. The van der Waals surface area contributed by atoms with Crippen LogP contribution in [0.25, 0.3) is 10.1 Å². The van der Waals surface area contributed by atoms with E-state index >= 15 is 0 Å². The Morgan fingerprint density at radius 2 is 2.33 bits per heavy atom. The molecule has 0 spiro atoms. The quantitative estimate of drug-likeness (QED) is 0.802. The molecule has 0 fully saturated rings. The van der Waals surface area contributed by atoms with Crippen LogP contribution >= 0.6 is 11.3 Å². The van der Waals surface area contributed by atoms with Crippen molar-refractivity contribution in [3.8, 4) is 5.75 Å². The van der Waals surface area contributed by atoms with Gasteiger partial charge in [-0.25, -0.2) is 0 Å². The molecule has 3 N–H and O–H groups in total. The second-order valence-electron chi connectivity index (χ2n) is 4.44. The minimum Gasteiger partial charge on any atom is -0.496 e. The average Bonchev–Trinajstić information content (AvgIpc) is 2.83. The standard InChI is InChI=1S/C15H18N2O3S/c1-3-7-17(8-9-18)15(19)14-13(16)12-10(20-2)5-4-6-11(12)21-14/h3-6,18H,1,7-9,16H2,2H3. The molecule has 0 saturated heterocycles. The first-order valence-electron chi connectivity index (χ1n) is 6.50. The summed E-state index contributed by atoms with van der Waals surface area (Å²) in [5.74, 6) is 0.447. The maximum Gasteiger partial charge on any atom is 0.266 e. The number of anilines is 1. The zero-order valence-corrected chi connectivity index (χ0v) is 12.7. The van der Waals surface area contributed by atoms with Crippen molar-refractivity contribution in [2.24, 2.45) is 0 Å². The highest BCUT2D eigenvalue weighted by Crippen LogP contribution is 2.39. The van der Waals surface area contributed by atoms with Gasteiger partial charge >= 0.3 is 0 Å². The fourth-order valence-electron chi connectivity index (χ4n) is 2.16. The van der Waals surface area contributed by atoms with Crippen molar-refractivity contribution in [1.29, 1.82) is 0 Å². The first-order chi connectivity index (χ1) is 10.1. The van der Waals surface area contributed by atoms with Crippen LogP contribution in [0.15, 0.2) is 30.9 Å². The number of methoxy groups -OCH3 is 1. The molecular formula is C15H18N2O3S. The Morgan fingerprint density at radius 1 is 1.57 bits per heavy atom. The molecular weight excluding hydrogens is 288 g/mol. The number of amides is 1. The Kier molecular flexibility index (Phi) is 4.82. The molecule has 6 heteroatoms. The van der Waals surface area contributed by atoms with Crippen molar-refractivity contribution in [1.82, 2.24) is 4.90 Å². The van der Waals surface area contributed by atoms with Gasteiger partial charge in [-0.15, -0.1) is 17.9 Å². The third-order valence-corrected chi connectivity index (χ3v) is 4.29. The number of hydrogen-bond acceptors (Lipinski definition) is 5. The number of aliphatic hydroxyl groups is 1. The second kappa shape index (κ2) is 6.60. The third-order valence-electron chi connectivity index (χ3n) is 3.13. The van der Waals surface area contributed by atoms with E-state index in [0.29, 0.717) is 22.9 Å². The lowest BCUT2D eigenvalue weighted by atomic mass is 10.2. The zero-order valence-electron chi connectivity index (χ0n) is 11.8. The Morgan fingerprint density at radius 3 is 2.95 bits per heavy atom. The summed E-state index contributed by atoms with van der Waals surface area (Å²) in [6.07, 6.45) is 1.62. The summed E-state index contributed by atoms with van der Waals surface area (Å²) in [6.45, 7) is 4.14. The van der Waals surface area contributed by atoms with Gasteiger partial charge < -0.3 is 20.5 Å². The first-order valence-corrected chi connectivity index (χ1v) is 7.31. The molecule has 0 aliphatic carbocycles. The fourth-order valence-corrected chi connectivity index (χ4v) is 3.27. The van der Waals surface area contributed by atoms with Gasteiger partial charge in [0.1, 0.15) is 10.6 Å². The van der Waals surface area contributed by atoms with Crippen LogP contribution in [0.4, 0.5) is 5.69 Å². The topological polar surface area (TPSA) is 75.8 Å². The minimum atomic E-state index is -0.204. The molecule has 112 valence electrons. The minimum absolute atomic E-state index is 0.103. The van der Waals surface area contributed by atoms with E-state index in [0.717, 1.165) is 10.1 Å². The fraction of sp³-hybridized carbons (Fsp3) is 0.267. The molecule has 0 aliphatic rings. The predicted molar refractivity (Wildman–Crippen MR) is 86.0 cm³/mol. The number of hydrogen-bond donors (Lipinski definition) is 2. The highest BCUT2D eigenvalue weighted by atomic mass is 32.1. The number of carbonyl (C=O) groups is 1. The average molecular weight is 306 g/mol. The van der Waals surface area contributed by atoms with E-state index in [9.17, 15) is 4.79 Å². The molecule has 2 rings (SSSR count). The summed E-state index contributed by atoms with van der Waals surface area (Å²) >= 11 is 1.33. The van der Waals surface area contributed by atoms with Crippen LogP contribution in [0.5, 0.6) is 5.75 Å². The molecule has 21 heavy (non-hydrogen) atoms. The van der Waals surface area contributed by atoms with E-state index in [1.165, 1.54) is 16.2 Å². The number of aliphatic hydroxyl groups excluding tert-OH is 1. The Balaban J connectivity index is 2.48. The number of fused-ring (bicyclic) bond motifs is 1. The maximum atomic E-state index is 12.6. The SMILES string of the molecule is C=CCN(CCO)C(=O)c1sc2cccc(OC)c2c1N. The molecule has 1 aromatic carbocycles. The lowest BCUT2D eigenvalue weighted by molar-refractivity contribution is 0.0748. The van der Waals surface area contributed by atoms with Gasteiger partial charge in [0.05, 0.1) is 24.8 Å². The molecule has 0 aliphatic heterocycles. The smallest absolute Gasteiger partial charge is 0.266 e. The van der Waals surface area contributed by atoms with E-state index in [1.54, 1.807) is 13.2 Å². The van der Waals surface area contributed by atoms with Crippen LogP contribution in [0.2, 0.25) is 0 Å². The van der Waals surface area contributed by atoms with Gasteiger partial charge in [-0.1, -0.05) is 12.1 Å². The summed E-state index contributed by atoms with van der Waals surface area (Å²) in [4.78, 5) is 14.5. The first kappa shape index (κ1) is 15.3. The number of rotatable bonds is 6. The molecule has 1 amide bonds. The van der Waals surface area contributed by atoms with Crippen LogP contribution in [-0.2, 0) is 0 Å². The molecule has 1 aromatic heterocycles. The normalized spacial score (nSPS) is 10.6. The number of benzene rings is 1. The number of nitrogen functional groups attached to an aromatic ring is 1. The zero-order chi connectivity index (χ0) is 15.4. The lowest BCUT2D eigenvalue weighted by Crippen LogP contribution is -2.33. The summed E-state index contributed by atoms with van der Waals surface area (Å²) in [5.41, 5.74) is 6.56. The maximum absolute atomic E-state index is 12.6. The van der Waals surface area contributed by atoms with Crippen molar-refractivity contribution in [3.63, 3.8) is 0 Å². The van der Waals surface area contributed by atoms with Gasteiger partial charge in [0, 0.05) is 17.8 Å². The van der Waals surface area contributed by atoms with E-state index in [4.69, 9.17) is 15.6 Å². The molecule has 0 saturated carbocycles. The van der Waals surface area contributed by atoms with Crippen LogP contribution in [0.3, 0.4) is 0 Å². The second-order valence-corrected chi connectivity index (χ2v) is 5.49. The number of carbonyl (C=O) groups excluding carboxylic acids is 1. The summed E-state index contributed by atoms with van der Waals surface area (Å²) < 4.78 is 6.20. The molecule has 2 aromatic rings. The van der Waals surface area contributed by atoms with Crippen molar-refractivity contribution in [2.45, 2.75) is 0 Å². The predicted octanol–water partition coefficient (Wildman–Crippen LogP) is 2.11. The van der Waals surface area contributed by atoms with Crippen molar-refractivity contribution >= 4 is 33.0 Å². The number of ether oxygens (including phenoxy) is 1. The third kappa shape index (κ3) is 2.86. The van der Waals surface area contributed by atoms with Gasteiger partial charge in [0.2, 0.25) is 0 Å². The van der Waals surface area contributed by atoms with Crippen LogP contribution in [-0.4, -0.2) is 42.7 Å². The number of nitrogens with two attached hydrogens (primary N) is 1. The Labute approximate surface area is 127 Å². The molecule has 0 bridgehead atoms. The highest BCUT2D eigenvalue weighted by molar-refractivity contribution is 7.21. The van der Waals surface area contributed by atoms with Crippen LogP contribution in [0.1, 0.15) is 9.67 Å². The summed E-state index contributed by atoms with van der Waals surface area (Å²) in [5, 5.41) is 9.83. The number of nitrogens with zero attached hydrogens (tertiary/aromatic N) is 1. The van der Waals surface area contributed by atoms with Gasteiger partial charge in [-0.3, -0.25) is 4.79 Å². The van der Waals surface area contributed by atoms with E-state index < -0.39 is 0 Å². The van der Waals surface area contributed by atoms with Crippen LogP contribution in [0, 0.1) is 0 Å². The Hall–Kier alpha value is -2.05. The summed E-state index contributed by atoms with van der Waals surface area (Å²) in [6, 6.07) is 5.58. The van der Waals surface area contributed by atoms with Crippen molar-refractivity contribution in [3.05, 3.63) is 35.7 Å². The van der Waals surface area contributed by atoms with Gasteiger partial charge in [0.15, 0.2) is 0 Å². The van der Waals surface area contributed by atoms with E-state index in [1.807, 2.05) is 18.2 Å². The summed E-state index contributed by atoms with van der Waals surface area (Å²) in [7, 11) is 1.57. The van der Waals surface area contributed by atoms with Crippen molar-refractivity contribution in [2.75, 3.05) is 32.5 Å². The molecule has 0 unspecified atom stereocenters. The van der Waals surface area contributed by atoms with E-state index in [-0.39, 0.29) is 19.1 Å². The molecule has 0 atom stereocenters. The van der Waals surface area contributed by atoms with Crippen molar-refractivity contribution < 1.29 is 14.6 Å². The van der Waals surface area contributed by atoms with Gasteiger partial charge in [-0.05, 0) is 12.1 Å². The molecule has 0 radical (unpaired) electrons.